The average Bonchev–Trinajstić information content (AvgIpc) is 2.55. The average molecular weight is 194 g/mol. The first-order chi connectivity index (χ1) is 6.36. The van der Waals surface area contributed by atoms with E-state index in [0.29, 0.717) is 0 Å². The molecule has 1 aromatic carbocycles. The Balaban J connectivity index is 2.73. The molecule has 0 aliphatic carbocycles. The van der Waals surface area contributed by atoms with Crippen LogP contribution in [0.3, 0.4) is 0 Å². The molecule has 0 atom stereocenters. The first-order valence-electron chi connectivity index (χ1n) is 3.97. The van der Waals surface area contributed by atoms with Crippen LogP contribution < -0.4 is 0 Å². The number of aromatic nitrogens is 2. The van der Waals surface area contributed by atoms with Crippen LogP contribution in [0, 0.1) is 0 Å². The van der Waals surface area contributed by atoms with Gasteiger partial charge in [0.2, 0.25) is 0 Å². The van der Waals surface area contributed by atoms with E-state index in [2.05, 4.69) is 4.98 Å². The van der Waals surface area contributed by atoms with Crippen molar-refractivity contribution in [2.75, 3.05) is 6.26 Å². The van der Waals surface area contributed by atoms with Crippen molar-refractivity contribution in [3.05, 3.63) is 24.3 Å². The Labute approximate surface area is 80.4 Å². The highest BCUT2D eigenvalue weighted by Gasteiger charge is 2.06. The standard InChI is InChI=1S/C9H10N2OS/c1-13-9-10-7-4-2-3-5-8(7)11(9)6-12/h2-5,12H,6H2,1H3. The number of hydrogen-bond donors (Lipinski definition) is 1. The molecular formula is C9H10N2OS. The van der Waals surface area contributed by atoms with Crippen molar-refractivity contribution < 1.29 is 5.11 Å². The van der Waals surface area contributed by atoms with E-state index in [4.69, 9.17) is 5.11 Å². The SMILES string of the molecule is CSc1nc2ccccc2n1CO. The van der Waals surface area contributed by atoms with E-state index in [-0.39, 0.29) is 6.73 Å². The first-order valence-corrected chi connectivity index (χ1v) is 5.19. The van der Waals surface area contributed by atoms with Gasteiger partial charge in [-0.25, -0.2) is 4.98 Å². The van der Waals surface area contributed by atoms with Crippen molar-refractivity contribution in [1.82, 2.24) is 9.55 Å². The van der Waals surface area contributed by atoms with Crippen molar-refractivity contribution >= 4 is 22.8 Å². The van der Waals surface area contributed by atoms with Crippen molar-refractivity contribution in [2.45, 2.75) is 11.9 Å². The van der Waals surface area contributed by atoms with Gasteiger partial charge in [-0.15, -0.1) is 0 Å². The second kappa shape index (κ2) is 3.40. The molecule has 1 heterocycles. The Kier molecular flexibility index (Phi) is 2.24. The maximum absolute atomic E-state index is 9.15. The van der Waals surface area contributed by atoms with Gasteiger partial charge in [0.15, 0.2) is 5.16 Å². The second-order valence-corrected chi connectivity index (χ2v) is 3.43. The quantitative estimate of drug-likeness (QED) is 0.739. The van der Waals surface area contributed by atoms with Crippen LogP contribution in [0.1, 0.15) is 0 Å². The lowest BCUT2D eigenvalue weighted by molar-refractivity contribution is 0.205. The number of hydrogen-bond acceptors (Lipinski definition) is 3. The lowest BCUT2D eigenvalue weighted by Gasteiger charge is -2.00. The molecule has 2 rings (SSSR count). The van der Waals surface area contributed by atoms with E-state index in [0.717, 1.165) is 16.2 Å². The van der Waals surface area contributed by atoms with Gasteiger partial charge in [0, 0.05) is 0 Å². The minimum atomic E-state index is -0.0172. The number of rotatable bonds is 2. The minimum absolute atomic E-state index is 0.0172. The predicted molar refractivity (Wildman–Crippen MR) is 53.7 cm³/mol. The van der Waals surface area contributed by atoms with Crippen LogP contribution in [0.25, 0.3) is 11.0 Å². The molecule has 0 saturated carbocycles. The van der Waals surface area contributed by atoms with Crippen LogP contribution in [0.15, 0.2) is 29.4 Å². The van der Waals surface area contributed by atoms with Gasteiger partial charge < -0.3 is 5.11 Å². The number of thioether (sulfide) groups is 1. The highest BCUT2D eigenvalue weighted by atomic mass is 32.2. The van der Waals surface area contributed by atoms with E-state index >= 15 is 0 Å². The van der Waals surface area contributed by atoms with Gasteiger partial charge in [-0.1, -0.05) is 23.9 Å². The number of para-hydroxylation sites is 2. The molecule has 68 valence electrons. The molecule has 2 aromatic rings. The van der Waals surface area contributed by atoms with Gasteiger partial charge in [0.1, 0.15) is 6.73 Å². The van der Waals surface area contributed by atoms with Crippen LogP contribution in [-0.4, -0.2) is 20.9 Å². The summed E-state index contributed by atoms with van der Waals surface area (Å²) in [5, 5.41) is 10.00. The van der Waals surface area contributed by atoms with Crippen LogP contribution in [-0.2, 0) is 6.73 Å². The van der Waals surface area contributed by atoms with Crippen molar-refractivity contribution in [3.63, 3.8) is 0 Å². The fourth-order valence-corrected chi connectivity index (χ4v) is 1.91. The lowest BCUT2D eigenvalue weighted by Crippen LogP contribution is -1.97. The van der Waals surface area contributed by atoms with E-state index < -0.39 is 0 Å². The first kappa shape index (κ1) is 8.59. The Bertz CT molecular complexity index is 424. The van der Waals surface area contributed by atoms with Crippen LogP contribution in [0.5, 0.6) is 0 Å². The number of imidazole rings is 1. The van der Waals surface area contributed by atoms with E-state index in [1.807, 2.05) is 30.5 Å². The molecule has 0 unspecified atom stereocenters. The number of nitrogens with zero attached hydrogens (tertiary/aromatic N) is 2. The molecule has 0 aliphatic rings. The van der Waals surface area contributed by atoms with Crippen molar-refractivity contribution in [3.8, 4) is 0 Å². The van der Waals surface area contributed by atoms with Gasteiger partial charge >= 0.3 is 0 Å². The summed E-state index contributed by atoms with van der Waals surface area (Å²) in [7, 11) is 0. The summed E-state index contributed by atoms with van der Waals surface area (Å²) >= 11 is 1.54. The van der Waals surface area contributed by atoms with E-state index in [1.54, 1.807) is 4.57 Å². The summed E-state index contributed by atoms with van der Waals surface area (Å²) in [5.41, 5.74) is 1.91. The predicted octanol–water partition coefficient (Wildman–Crippen LogP) is 1.71. The topological polar surface area (TPSA) is 38.0 Å². The summed E-state index contributed by atoms with van der Waals surface area (Å²) < 4.78 is 1.79. The number of aliphatic hydroxyl groups is 1. The molecule has 4 heteroatoms. The number of fused-ring (bicyclic) bond motifs is 1. The van der Waals surface area contributed by atoms with Crippen LogP contribution >= 0.6 is 11.8 Å². The zero-order chi connectivity index (χ0) is 9.26. The normalized spacial score (nSPS) is 10.9. The lowest BCUT2D eigenvalue weighted by atomic mass is 10.3. The van der Waals surface area contributed by atoms with Crippen LogP contribution in [0.4, 0.5) is 0 Å². The monoisotopic (exact) mass is 194 g/mol. The molecular weight excluding hydrogens is 184 g/mol. The fraction of sp³-hybridized carbons (Fsp3) is 0.222. The third-order valence-electron chi connectivity index (χ3n) is 1.94. The molecule has 1 N–H and O–H groups in total. The highest BCUT2D eigenvalue weighted by Crippen LogP contribution is 2.21. The Hall–Kier alpha value is -1.00. The highest BCUT2D eigenvalue weighted by molar-refractivity contribution is 7.98. The summed E-state index contributed by atoms with van der Waals surface area (Å²) in [4.78, 5) is 4.37. The zero-order valence-corrected chi connectivity index (χ0v) is 8.08. The largest absolute Gasteiger partial charge is 0.376 e. The summed E-state index contributed by atoms with van der Waals surface area (Å²) in [6, 6.07) is 7.79. The molecule has 0 saturated heterocycles. The Morgan fingerprint density at radius 2 is 2.23 bits per heavy atom. The van der Waals surface area contributed by atoms with E-state index in [1.165, 1.54) is 11.8 Å². The minimum Gasteiger partial charge on any atom is -0.376 e. The third-order valence-corrected chi connectivity index (χ3v) is 2.62. The van der Waals surface area contributed by atoms with Gasteiger partial charge in [-0.05, 0) is 18.4 Å². The maximum Gasteiger partial charge on any atom is 0.170 e. The zero-order valence-electron chi connectivity index (χ0n) is 7.27. The number of aliphatic hydroxyl groups excluding tert-OH is 1. The maximum atomic E-state index is 9.15. The summed E-state index contributed by atoms with van der Waals surface area (Å²) in [6.07, 6.45) is 1.95. The van der Waals surface area contributed by atoms with Gasteiger partial charge in [0.05, 0.1) is 11.0 Å². The molecule has 0 bridgehead atoms. The van der Waals surface area contributed by atoms with Gasteiger partial charge in [0.25, 0.3) is 0 Å². The smallest absolute Gasteiger partial charge is 0.170 e. The summed E-state index contributed by atoms with van der Waals surface area (Å²) in [5.74, 6) is 0. The summed E-state index contributed by atoms with van der Waals surface area (Å²) in [6.45, 7) is -0.0172. The molecule has 0 spiro atoms. The van der Waals surface area contributed by atoms with Crippen LogP contribution in [0.2, 0.25) is 0 Å². The molecule has 13 heavy (non-hydrogen) atoms. The molecule has 0 fully saturated rings. The molecule has 3 nitrogen and oxygen atoms in total. The second-order valence-electron chi connectivity index (χ2n) is 2.66. The number of benzene rings is 1. The van der Waals surface area contributed by atoms with Crippen molar-refractivity contribution in [1.29, 1.82) is 0 Å². The van der Waals surface area contributed by atoms with E-state index in [9.17, 15) is 0 Å². The Morgan fingerprint density at radius 1 is 1.46 bits per heavy atom. The molecule has 1 aromatic heterocycles. The van der Waals surface area contributed by atoms with Crippen molar-refractivity contribution in [2.24, 2.45) is 0 Å². The molecule has 0 amide bonds. The van der Waals surface area contributed by atoms with Gasteiger partial charge in [-0.2, -0.15) is 0 Å². The van der Waals surface area contributed by atoms with Gasteiger partial charge in [-0.3, -0.25) is 4.57 Å². The Morgan fingerprint density at radius 3 is 2.92 bits per heavy atom. The molecule has 0 aliphatic heterocycles. The third kappa shape index (κ3) is 1.32. The molecule has 0 radical (unpaired) electrons. The fourth-order valence-electron chi connectivity index (χ4n) is 1.35.